The first-order valence-corrected chi connectivity index (χ1v) is 7.70. The molecule has 18 heavy (non-hydrogen) atoms. The van der Waals surface area contributed by atoms with Crippen molar-refractivity contribution in [1.29, 1.82) is 0 Å². The van der Waals surface area contributed by atoms with Crippen molar-refractivity contribution in [3.8, 4) is 0 Å². The number of carbonyl (C=O) groups excluding carboxylic acids is 1. The SMILES string of the molecule is CCCCCCc1nnc(NC(=O)CCCC)s1. The van der Waals surface area contributed by atoms with E-state index >= 15 is 0 Å². The molecule has 102 valence electrons. The van der Waals surface area contributed by atoms with E-state index in [1.54, 1.807) is 0 Å². The Balaban J connectivity index is 2.27. The molecule has 0 bridgehead atoms. The summed E-state index contributed by atoms with van der Waals surface area (Å²) in [6, 6.07) is 0. The second kappa shape index (κ2) is 9.03. The minimum Gasteiger partial charge on any atom is -0.301 e. The van der Waals surface area contributed by atoms with Crippen LogP contribution in [0.2, 0.25) is 0 Å². The molecule has 0 spiro atoms. The molecule has 0 radical (unpaired) electrons. The zero-order valence-electron chi connectivity index (χ0n) is 11.4. The number of hydrogen-bond donors (Lipinski definition) is 1. The second-order valence-corrected chi connectivity index (χ2v) is 5.53. The standard InChI is InChI=1S/C13H23N3OS/c1-3-5-7-8-10-12-15-16-13(18-12)14-11(17)9-6-4-2/h3-10H2,1-2H3,(H,14,16,17). The Hall–Kier alpha value is -0.970. The fraction of sp³-hybridized carbons (Fsp3) is 0.769. The van der Waals surface area contributed by atoms with Crippen molar-refractivity contribution in [3.05, 3.63) is 5.01 Å². The predicted molar refractivity (Wildman–Crippen MR) is 75.9 cm³/mol. The zero-order chi connectivity index (χ0) is 13.2. The fourth-order valence-electron chi connectivity index (χ4n) is 1.63. The molecule has 1 heterocycles. The summed E-state index contributed by atoms with van der Waals surface area (Å²) in [6.45, 7) is 4.28. The maximum atomic E-state index is 11.5. The molecule has 0 atom stereocenters. The van der Waals surface area contributed by atoms with Crippen LogP contribution in [-0.4, -0.2) is 16.1 Å². The lowest BCUT2D eigenvalue weighted by molar-refractivity contribution is -0.116. The lowest BCUT2D eigenvalue weighted by Gasteiger charge is -1.98. The van der Waals surface area contributed by atoms with Gasteiger partial charge in [0.15, 0.2) is 0 Å². The lowest BCUT2D eigenvalue weighted by Crippen LogP contribution is -2.10. The van der Waals surface area contributed by atoms with E-state index in [2.05, 4.69) is 29.4 Å². The lowest BCUT2D eigenvalue weighted by atomic mass is 10.2. The van der Waals surface area contributed by atoms with Crippen molar-refractivity contribution in [2.75, 3.05) is 5.32 Å². The molecule has 0 aliphatic heterocycles. The van der Waals surface area contributed by atoms with Gasteiger partial charge in [0, 0.05) is 12.8 Å². The molecule has 0 aliphatic carbocycles. The summed E-state index contributed by atoms with van der Waals surface area (Å²) in [5, 5.41) is 12.6. The third-order valence-electron chi connectivity index (χ3n) is 2.71. The van der Waals surface area contributed by atoms with E-state index in [0.717, 1.165) is 30.7 Å². The van der Waals surface area contributed by atoms with Crippen LogP contribution in [0.4, 0.5) is 5.13 Å². The number of nitrogens with zero attached hydrogens (tertiary/aromatic N) is 2. The highest BCUT2D eigenvalue weighted by molar-refractivity contribution is 7.15. The van der Waals surface area contributed by atoms with E-state index in [-0.39, 0.29) is 5.91 Å². The third kappa shape index (κ3) is 6.10. The molecule has 1 rings (SSSR count). The van der Waals surface area contributed by atoms with E-state index in [0.29, 0.717) is 11.6 Å². The van der Waals surface area contributed by atoms with Crippen LogP contribution in [0, 0.1) is 0 Å². The quantitative estimate of drug-likeness (QED) is 0.694. The van der Waals surface area contributed by atoms with E-state index in [9.17, 15) is 4.79 Å². The first-order valence-electron chi connectivity index (χ1n) is 6.88. The van der Waals surface area contributed by atoms with Gasteiger partial charge in [-0.15, -0.1) is 10.2 Å². The summed E-state index contributed by atoms with van der Waals surface area (Å²) in [6.07, 6.45) is 8.43. The third-order valence-corrected chi connectivity index (χ3v) is 3.61. The number of amides is 1. The maximum Gasteiger partial charge on any atom is 0.226 e. The van der Waals surface area contributed by atoms with Gasteiger partial charge in [-0.05, 0) is 12.8 Å². The van der Waals surface area contributed by atoms with Gasteiger partial charge in [-0.1, -0.05) is 50.9 Å². The molecule has 0 aromatic carbocycles. The summed E-state index contributed by atoms with van der Waals surface area (Å²) < 4.78 is 0. The Kier molecular flexibility index (Phi) is 7.57. The molecule has 1 aromatic heterocycles. The first kappa shape index (κ1) is 15.1. The number of unbranched alkanes of at least 4 members (excludes halogenated alkanes) is 4. The maximum absolute atomic E-state index is 11.5. The Labute approximate surface area is 113 Å². The Morgan fingerprint density at radius 2 is 1.89 bits per heavy atom. The molecule has 1 amide bonds. The van der Waals surface area contributed by atoms with Crippen LogP contribution in [0.3, 0.4) is 0 Å². The van der Waals surface area contributed by atoms with Crippen LogP contribution >= 0.6 is 11.3 Å². The van der Waals surface area contributed by atoms with Crippen molar-refractivity contribution in [2.45, 2.75) is 65.2 Å². The van der Waals surface area contributed by atoms with Gasteiger partial charge in [-0.3, -0.25) is 4.79 Å². The van der Waals surface area contributed by atoms with Crippen molar-refractivity contribution in [2.24, 2.45) is 0 Å². The molecule has 0 saturated carbocycles. The number of carbonyl (C=O) groups is 1. The minimum atomic E-state index is 0.0468. The number of aromatic nitrogens is 2. The second-order valence-electron chi connectivity index (χ2n) is 4.46. The summed E-state index contributed by atoms with van der Waals surface area (Å²) in [7, 11) is 0. The molecule has 0 unspecified atom stereocenters. The van der Waals surface area contributed by atoms with Crippen LogP contribution < -0.4 is 5.32 Å². The normalized spacial score (nSPS) is 10.6. The van der Waals surface area contributed by atoms with Crippen molar-refractivity contribution in [1.82, 2.24) is 10.2 Å². The molecule has 1 N–H and O–H groups in total. The number of hydrogen-bond acceptors (Lipinski definition) is 4. The van der Waals surface area contributed by atoms with Crippen LogP contribution in [0.15, 0.2) is 0 Å². The monoisotopic (exact) mass is 269 g/mol. The number of rotatable bonds is 9. The Bertz CT molecular complexity index is 352. The first-order chi connectivity index (χ1) is 8.76. The Morgan fingerprint density at radius 1 is 1.11 bits per heavy atom. The predicted octanol–water partition coefficient (Wildman–Crippen LogP) is 3.79. The van der Waals surface area contributed by atoms with E-state index in [1.165, 1.54) is 30.6 Å². The molecule has 1 aromatic rings. The summed E-state index contributed by atoms with van der Waals surface area (Å²) in [5.41, 5.74) is 0. The van der Waals surface area contributed by atoms with Gasteiger partial charge in [0.1, 0.15) is 5.01 Å². The molecule has 0 fully saturated rings. The van der Waals surface area contributed by atoms with Gasteiger partial charge < -0.3 is 5.32 Å². The number of nitrogens with one attached hydrogen (secondary N) is 1. The molecule has 5 heteroatoms. The van der Waals surface area contributed by atoms with E-state index in [4.69, 9.17) is 0 Å². The summed E-state index contributed by atoms with van der Waals surface area (Å²) >= 11 is 1.50. The highest BCUT2D eigenvalue weighted by Crippen LogP contribution is 2.18. The van der Waals surface area contributed by atoms with E-state index < -0.39 is 0 Å². The largest absolute Gasteiger partial charge is 0.301 e. The molecule has 0 aliphatic rings. The zero-order valence-corrected chi connectivity index (χ0v) is 12.2. The summed E-state index contributed by atoms with van der Waals surface area (Å²) in [5.74, 6) is 0.0468. The number of aryl methyl sites for hydroxylation is 1. The molecular formula is C13H23N3OS. The van der Waals surface area contributed by atoms with Crippen LogP contribution in [0.25, 0.3) is 0 Å². The van der Waals surface area contributed by atoms with Crippen LogP contribution in [0.1, 0.15) is 63.8 Å². The van der Waals surface area contributed by atoms with Gasteiger partial charge in [-0.2, -0.15) is 0 Å². The number of anilines is 1. The minimum absolute atomic E-state index is 0.0468. The fourth-order valence-corrected chi connectivity index (χ4v) is 2.43. The van der Waals surface area contributed by atoms with Gasteiger partial charge in [0.2, 0.25) is 11.0 Å². The molecular weight excluding hydrogens is 246 g/mol. The van der Waals surface area contributed by atoms with Gasteiger partial charge >= 0.3 is 0 Å². The van der Waals surface area contributed by atoms with Gasteiger partial charge in [0.05, 0.1) is 0 Å². The molecule has 0 saturated heterocycles. The average molecular weight is 269 g/mol. The van der Waals surface area contributed by atoms with Crippen LogP contribution in [-0.2, 0) is 11.2 Å². The van der Waals surface area contributed by atoms with Gasteiger partial charge in [0.25, 0.3) is 0 Å². The molecule has 4 nitrogen and oxygen atoms in total. The van der Waals surface area contributed by atoms with Crippen molar-refractivity contribution < 1.29 is 4.79 Å². The summed E-state index contributed by atoms with van der Waals surface area (Å²) in [4.78, 5) is 11.5. The van der Waals surface area contributed by atoms with Crippen molar-refractivity contribution in [3.63, 3.8) is 0 Å². The highest BCUT2D eigenvalue weighted by Gasteiger charge is 2.07. The van der Waals surface area contributed by atoms with Gasteiger partial charge in [-0.25, -0.2) is 0 Å². The van der Waals surface area contributed by atoms with Crippen molar-refractivity contribution >= 4 is 22.4 Å². The van der Waals surface area contributed by atoms with E-state index in [1.807, 2.05) is 0 Å². The highest BCUT2D eigenvalue weighted by atomic mass is 32.1. The average Bonchev–Trinajstić information content (AvgIpc) is 2.80. The topological polar surface area (TPSA) is 54.9 Å². The Morgan fingerprint density at radius 3 is 2.61 bits per heavy atom. The van der Waals surface area contributed by atoms with Crippen LogP contribution in [0.5, 0.6) is 0 Å². The smallest absolute Gasteiger partial charge is 0.226 e.